The number of nitrogens with zero attached hydrogens (tertiary/aromatic N) is 2. The molecule has 0 aliphatic rings. The molecule has 0 aliphatic heterocycles. The number of allylic oxidation sites excluding steroid dienone is 2. The van der Waals surface area contributed by atoms with Crippen molar-refractivity contribution >= 4 is 34.7 Å². The second kappa shape index (κ2) is 7.17. The van der Waals surface area contributed by atoms with Gasteiger partial charge in [0, 0.05) is 11.6 Å². The lowest BCUT2D eigenvalue weighted by atomic mass is 10.1. The number of aromatic nitrogens is 2. The van der Waals surface area contributed by atoms with Crippen molar-refractivity contribution in [3.05, 3.63) is 48.3 Å². The van der Waals surface area contributed by atoms with Crippen LogP contribution < -0.4 is 5.32 Å². The van der Waals surface area contributed by atoms with E-state index in [4.69, 9.17) is 4.74 Å². The van der Waals surface area contributed by atoms with E-state index in [1.165, 1.54) is 19.4 Å². The number of aliphatic imine (C=N–C) groups is 1. The SMILES string of the molecule is C=C/C=N\C(=C/C)C(=O)Nc1cc2cn[nH]c2cc1C(=O)OC. The van der Waals surface area contributed by atoms with Crippen LogP contribution in [-0.2, 0) is 9.53 Å². The number of hydrogen-bond donors (Lipinski definition) is 2. The molecule has 1 aromatic heterocycles. The molecule has 23 heavy (non-hydrogen) atoms. The minimum atomic E-state index is -0.562. The molecule has 7 heteroatoms. The van der Waals surface area contributed by atoms with Crippen LogP contribution in [-0.4, -0.2) is 35.4 Å². The van der Waals surface area contributed by atoms with Gasteiger partial charge in [-0.1, -0.05) is 18.7 Å². The number of aromatic amines is 1. The molecule has 2 N–H and O–H groups in total. The zero-order valence-corrected chi connectivity index (χ0v) is 12.8. The molecule has 118 valence electrons. The first-order valence-electron chi connectivity index (χ1n) is 6.79. The van der Waals surface area contributed by atoms with Crippen LogP contribution in [0.1, 0.15) is 17.3 Å². The van der Waals surface area contributed by atoms with Crippen molar-refractivity contribution in [3.63, 3.8) is 0 Å². The summed E-state index contributed by atoms with van der Waals surface area (Å²) in [5.41, 5.74) is 1.41. The predicted molar refractivity (Wildman–Crippen MR) is 88.5 cm³/mol. The molecule has 1 heterocycles. The van der Waals surface area contributed by atoms with E-state index in [1.807, 2.05) is 0 Å². The molecule has 1 amide bonds. The first-order valence-corrected chi connectivity index (χ1v) is 6.79. The lowest BCUT2D eigenvalue weighted by Crippen LogP contribution is -2.16. The highest BCUT2D eigenvalue weighted by Gasteiger charge is 2.17. The van der Waals surface area contributed by atoms with Crippen LogP contribution in [0.15, 0.2) is 47.7 Å². The second-order valence-corrected chi connectivity index (χ2v) is 4.49. The van der Waals surface area contributed by atoms with Crippen molar-refractivity contribution in [2.75, 3.05) is 12.4 Å². The van der Waals surface area contributed by atoms with Crippen LogP contribution in [0.3, 0.4) is 0 Å². The number of fused-ring (bicyclic) bond motifs is 1. The molecule has 0 spiro atoms. The Morgan fingerprint density at radius 3 is 2.87 bits per heavy atom. The lowest BCUT2D eigenvalue weighted by molar-refractivity contribution is -0.112. The minimum absolute atomic E-state index is 0.202. The Labute approximate surface area is 132 Å². The average Bonchev–Trinajstić information content (AvgIpc) is 3.01. The molecule has 0 saturated carbocycles. The van der Waals surface area contributed by atoms with E-state index in [-0.39, 0.29) is 11.3 Å². The van der Waals surface area contributed by atoms with Gasteiger partial charge in [0.1, 0.15) is 5.70 Å². The van der Waals surface area contributed by atoms with E-state index in [2.05, 4.69) is 27.1 Å². The summed E-state index contributed by atoms with van der Waals surface area (Å²) in [4.78, 5) is 28.2. The minimum Gasteiger partial charge on any atom is -0.465 e. The summed E-state index contributed by atoms with van der Waals surface area (Å²) in [7, 11) is 1.27. The normalized spacial score (nSPS) is 11.7. The Balaban J connectivity index is 2.41. The maximum absolute atomic E-state index is 12.3. The fourth-order valence-corrected chi connectivity index (χ4v) is 1.96. The molecular formula is C16H16N4O3. The number of hydrogen-bond acceptors (Lipinski definition) is 5. The number of amides is 1. The largest absolute Gasteiger partial charge is 0.465 e. The fourth-order valence-electron chi connectivity index (χ4n) is 1.96. The lowest BCUT2D eigenvalue weighted by Gasteiger charge is -2.10. The summed E-state index contributed by atoms with van der Waals surface area (Å²) in [5, 5.41) is 10.1. The van der Waals surface area contributed by atoms with Crippen molar-refractivity contribution in [3.8, 4) is 0 Å². The first-order chi connectivity index (χ1) is 11.1. The Morgan fingerprint density at radius 2 is 2.22 bits per heavy atom. The highest BCUT2D eigenvalue weighted by molar-refractivity contribution is 6.10. The van der Waals surface area contributed by atoms with Crippen molar-refractivity contribution in [1.82, 2.24) is 10.2 Å². The Bertz CT molecular complexity index is 818. The van der Waals surface area contributed by atoms with Gasteiger partial charge >= 0.3 is 5.97 Å². The number of benzene rings is 1. The number of carbonyl (C=O) groups excluding carboxylic acids is 2. The van der Waals surface area contributed by atoms with Crippen LogP contribution in [0.5, 0.6) is 0 Å². The molecule has 0 aliphatic carbocycles. The molecule has 0 unspecified atom stereocenters. The van der Waals surface area contributed by atoms with E-state index >= 15 is 0 Å². The third-order valence-corrected chi connectivity index (χ3v) is 3.06. The smallest absolute Gasteiger partial charge is 0.340 e. The number of rotatable bonds is 5. The molecular weight excluding hydrogens is 296 g/mol. The second-order valence-electron chi connectivity index (χ2n) is 4.49. The maximum Gasteiger partial charge on any atom is 0.340 e. The van der Waals surface area contributed by atoms with Crippen LogP contribution in [0.4, 0.5) is 5.69 Å². The van der Waals surface area contributed by atoms with Gasteiger partial charge in [-0.25, -0.2) is 4.79 Å². The van der Waals surface area contributed by atoms with Gasteiger partial charge in [0.25, 0.3) is 5.91 Å². The molecule has 0 bridgehead atoms. The van der Waals surface area contributed by atoms with Gasteiger partial charge in [-0.2, -0.15) is 5.10 Å². The number of anilines is 1. The molecule has 2 rings (SSSR count). The zero-order chi connectivity index (χ0) is 16.8. The Kier molecular flexibility index (Phi) is 5.03. The van der Waals surface area contributed by atoms with Crippen molar-refractivity contribution < 1.29 is 14.3 Å². The number of H-pyrrole nitrogens is 1. The van der Waals surface area contributed by atoms with Crippen LogP contribution in [0.25, 0.3) is 10.9 Å². The molecule has 0 saturated heterocycles. The van der Waals surface area contributed by atoms with E-state index in [0.717, 1.165) is 5.39 Å². The predicted octanol–water partition coefficient (Wildman–Crippen LogP) is 2.45. The zero-order valence-electron chi connectivity index (χ0n) is 12.8. The maximum atomic E-state index is 12.3. The molecule has 0 radical (unpaired) electrons. The van der Waals surface area contributed by atoms with Gasteiger partial charge in [-0.3, -0.25) is 14.9 Å². The summed E-state index contributed by atoms with van der Waals surface area (Å²) >= 11 is 0. The third kappa shape index (κ3) is 3.52. The van der Waals surface area contributed by atoms with Gasteiger partial charge < -0.3 is 10.1 Å². The standard InChI is InChI=1S/C16H16N4O3/c1-4-6-17-12(5-2)15(21)19-14-7-10-9-18-20-13(10)8-11(14)16(22)23-3/h4-9H,1H2,2-3H3,(H,18,20)(H,19,21)/b12-5-,17-6-. The highest BCUT2D eigenvalue weighted by atomic mass is 16.5. The van der Waals surface area contributed by atoms with E-state index in [1.54, 1.807) is 31.3 Å². The quantitative estimate of drug-likeness (QED) is 0.503. The topological polar surface area (TPSA) is 96.4 Å². The van der Waals surface area contributed by atoms with Gasteiger partial charge in [-0.05, 0) is 19.1 Å². The van der Waals surface area contributed by atoms with Crippen molar-refractivity contribution in [1.29, 1.82) is 0 Å². The number of carbonyl (C=O) groups is 2. The van der Waals surface area contributed by atoms with Crippen LogP contribution >= 0.6 is 0 Å². The van der Waals surface area contributed by atoms with Gasteiger partial charge in [-0.15, -0.1) is 0 Å². The van der Waals surface area contributed by atoms with Gasteiger partial charge in [0.05, 0.1) is 30.1 Å². The van der Waals surface area contributed by atoms with Crippen LogP contribution in [0, 0.1) is 0 Å². The summed E-state index contributed by atoms with van der Waals surface area (Å²) < 4.78 is 4.75. The van der Waals surface area contributed by atoms with Gasteiger partial charge in [0.15, 0.2) is 0 Å². The monoisotopic (exact) mass is 312 g/mol. The summed E-state index contributed by atoms with van der Waals surface area (Å²) in [6.45, 7) is 5.20. The number of ether oxygens (including phenoxy) is 1. The molecule has 1 aromatic carbocycles. The number of nitrogens with one attached hydrogen (secondary N) is 2. The summed E-state index contributed by atoms with van der Waals surface area (Å²) in [6, 6.07) is 3.22. The van der Waals surface area contributed by atoms with E-state index in [9.17, 15) is 9.59 Å². The molecule has 0 fully saturated rings. The molecule has 7 nitrogen and oxygen atoms in total. The highest BCUT2D eigenvalue weighted by Crippen LogP contribution is 2.24. The van der Waals surface area contributed by atoms with Crippen molar-refractivity contribution in [2.24, 2.45) is 4.99 Å². The van der Waals surface area contributed by atoms with E-state index < -0.39 is 11.9 Å². The average molecular weight is 312 g/mol. The summed E-state index contributed by atoms with van der Waals surface area (Å²) in [5.74, 6) is -1.01. The third-order valence-electron chi connectivity index (χ3n) is 3.06. The van der Waals surface area contributed by atoms with Crippen molar-refractivity contribution in [2.45, 2.75) is 6.92 Å². The fraction of sp³-hybridized carbons (Fsp3) is 0.125. The molecule has 2 aromatic rings. The number of esters is 1. The number of methoxy groups -OCH3 is 1. The van der Waals surface area contributed by atoms with Gasteiger partial charge in [0.2, 0.25) is 0 Å². The Morgan fingerprint density at radius 1 is 1.43 bits per heavy atom. The van der Waals surface area contributed by atoms with Crippen LogP contribution in [0.2, 0.25) is 0 Å². The summed E-state index contributed by atoms with van der Waals surface area (Å²) in [6.07, 6.45) is 6.03. The first kappa shape index (κ1) is 16.2. The van der Waals surface area contributed by atoms with E-state index in [0.29, 0.717) is 11.2 Å². The molecule has 0 atom stereocenters. The Hall–Kier alpha value is -3.22.